The van der Waals surface area contributed by atoms with Gasteiger partial charge in [-0.05, 0) is 49.4 Å². The van der Waals surface area contributed by atoms with Gasteiger partial charge < -0.3 is 14.8 Å². The van der Waals surface area contributed by atoms with Gasteiger partial charge in [-0.3, -0.25) is 0 Å². The van der Waals surface area contributed by atoms with Gasteiger partial charge in [0.05, 0.1) is 14.2 Å². The van der Waals surface area contributed by atoms with Gasteiger partial charge in [0.15, 0.2) is 0 Å². The van der Waals surface area contributed by atoms with Crippen LogP contribution in [0.4, 0.5) is 0 Å². The van der Waals surface area contributed by atoms with Crippen LogP contribution < -0.4 is 14.8 Å². The van der Waals surface area contributed by atoms with Crippen LogP contribution in [0.2, 0.25) is 0 Å². The number of methoxy groups -OCH3 is 2. The summed E-state index contributed by atoms with van der Waals surface area (Å²) in [5, 5.41) is 3.60. The molecule has 1 N–H and O–H groups in total. The van der Waals surface area contributed by atoms with Crippen LogP contribution in [0.1, 0.15) is 50.2 Å². The molecule has 0 aromatic heterocycles. The van der Waals surface area contributed by atoms with E-state index in [-0.39, 0.29) is 0 Å². The molecule has 1 aromatic carbocycles. The van der Waals surface area contributed by atoms with Gasteiger partial charge in [0.25, 0.3) is 0 Å². The Morgan fingerprint density at radius 2 is 1.90 bits per heavy atom. The molecule has 0 amide bonds. The maximum absolute atomic E-state index is 5.59. The van der Waals surface area contributed by atoms with Gasteiger partial charge in [-0.15, -0.1) is 0 Å². The quantitative estimate of drug-likeness (QED) is 0.893. The lowest BCUT2D eigenvalue weighted by Gasteiger charge is -2.25. The molecule has 1 heterocycles. The van der Waals surface area contributed by atoms with Crippen molar-refractivity contribution in [2.75, 3.05) is 20.8 Å². The zero-order chi connectivity index (χ0) is 14.5. The van der Waals surface area contributed by atoms with Crippen LogP contribution >= 0.6 is 0 Å². The average Bonchev–Trinajstić information content (AvgIpc) is 2.47. The second-order valence-electron chi connectivity index (χ2n) is 5.91. The van der Waals surface area contributed by atoms with E-state index in [4.69, 9.17) is 9.47 Å². The molecule has 0 radical (unpaired) electrons. The molecule has 1 atom stereocenters. The van der Waals surface area contributed by atoms with E-state index < -0.39 is 0 Å². The van der Waals surface area contributed by atoms with Crippen molar-refractivity contribution in [2.24, 2.45) is 0 Å². The van der Waals surface area contributed by atoms with E-state index in [9.17, 15) is 0 Å². The third-order valence-corrected chi connectivity index (χ3v) is 4.13. The Morgan fingerprint density at radius 3 is 2.45 bits per heavy atom. The van der Waals surface area contributed by atoms with Crippen LogP contribution in [-0.2, 0) is 6.42 Å². The monoisotopic (exact) mass is 277 g/mol. The first-order valence-electron chi connectivity index (χ1n) is 7.64. The summed E-state index contributed by atoms with van der Waals surface area (Å²) in [5.74, 6) is 2.40. The highest BCUT2D eigenvalue weighted by molar-refractivity contribution is 5.48. The van der Waals surface area contributed by atoms with Crippen molar-refractivity contribution in [3.8, 4) is 11.5 Å². The lowest BCUT2D eigenvalue weighted by atomic mass is 9.94. The average molecular weight is 277 g/mol. The first kappa shape index (κ1) is 15.2. The van der Waals surface area contributed by atoms with Crippen LogP contribution in [0.3, 0.4) is 0 Å². The Morgan fingerprint density at radius 1 is 1.15 bits per heavy atom. The lowest BCUT2D eigenvalue weighted by molar-refractivity contribution is 0.375. The van der Waals surface area contributed by atoms with Crippen LogP contribution in [-0.4, -0.2) is 26.8 Å². The fourth-order valence-electron chi connectivity index (χ4n) is 2.96. The first-order valence-corrected chi connectivity index (χ1v) is 7.64. The molecule has 2 rings (SSSR count). The largest absolute Gasteiger partial charge is 0.496 e. The van der Waals surface area contributed by atoms with Crippen molar-refractivity contribution in [3.05, 3.63) is 23.3 Å². The number of hydrogen-bond donors (Lipinski definition) is 1. The van der Waals surface area contributed by atoms with Crippen molar-refractivity contribution in [1.82, 2.24) is 5.32 Å². The standard InChI is InChI=1S/C17H27NO2/c1-12(2)15-11-16(19-3)13(10-17(15)20-4)9-14-7-5-6-8-18-14/h10-12,14,18H,5-9H2,1-4H3. The van der Waals surface area contributed by atoms with Crippen LogP contribution in [0, 0.1) is 0 Å². The molecule has 1 aliphatic rings. The Kier molecular flexibility index (Phi) is 5.30. The zero-order valence-corrected chi connectivity index (χ0v) is 13.2. The molecule has 3 nitrogen and oxygen atoms in total. The van der Waals surface area contributed by atoms with Crippen LogP contribution in [0.15, 0.2) is 12.1 Å². The van der Waals surface area contributed by atoms with E-state index in [0.717, 1.165) is 24.5 Å². The minimum Gasteiger partial charge on any atom is -0.496 e. The fourth-order valence-corrected chi connectivity index (χ4v) is 2.96. The molecule has 0 saturated carbocycles. The van der Waals surface area contributed by atoms with E-state index in [0.29, 0.717) is 12.0 Å². The van der Waals surface area contributed by atoms with Gasteiger partial charge in [-0.25, -0.2) is 0 Å². The summed E-state index contributed by atoms with van der Waals surface area (Å²) in [5.41, 5.74) is 2.46. The topological polar surface area (TPSA) is 30.5 Å². The van der Waals surface area contributed by atoms with Gasteiger partial charge in [0, 0.05) is 11.6 Å². The number of benzene rings is 1. The second-order valence-corrected chi connectivity index (χ2v) is 5.91. The van der Waals surface area contributed by atoms with E-state index in [1.54, 1.807) is 14.2 Å². The lowest BCUT2D eigenvalue weighted by Crippen LogP contribution is -2.35. The SMILES string of the molecule is COc1cc(C(C)C)c(OC)cc1CC1CCCCN1. The van der Waals surface area contributed by atoms with E-state index in [1.807, 2.05) is 0 Å². The van der Waals surface area contributed by atoms with Crippen molar-refractivity contribution in [2.45, 2.75) is 51.5 Å². The zero-order valence-electron chi connectivity index (χ0n) is 13.2. The summed E-state index contributed by atoms with van der Waals surface area (Å²) in [6.07, 6.45) is 4.87. The van der Waals surface area contributed by atoms with Gasteiger partial charge in [0.1, 0.15) is 11.5 Å². The highest BCUT2D eigenvalue weighted by Gasteiger charge is 2.18. The maximum Gasteiger partial charge on any atom is 0.122 e. The second kappa shape index (κ2) is 6.98. The molecule has 1 fully saturated rings. The number of nitrogens with one attached hydrogen (secondary N) is 1. The molecule has 20 heavy (non-hydrogen) atoms. The number of ether oxygens (including phenoxy) is 2. The molecule has 0 aliphatic carbocycles. The van der Waals surface area contributed by atoms with Crippen LogP contribution in [0.5, 0.6) is 11.5 Å². The van der Waals surface area contributed by atoms with Crippen LogP contribution in [0.25, 0.3) is 0 Å². The number of piperidine rings is 1. The highest BCUT2D eigenvalue weighted by Crippen LogP contribution is 2.34. The van der Waals surface area contributed by atoms with Crippen molar-refractivity contribution >= 4 is 0 Å². The maximum atomic E-state index is 5.59. The normalized spacial score (nSPS) is 19.1. The molecule has 0 bridgehead atoms. The summed E-state index contributed by atoms with van der Waals surface area (Å²) < 4.78 is 11.2. The summed E-state index contributed by atoms with van der Waals surface area (Å²) in [6, 6.07) is 4.86. The van der Waals surface area contributed by atoms with E-state index >= 15 is 0 Å². The van der Waals surface area contributed by atoms with Crippen molar-refractivity contribution in [1.29, 1.82) is 0 Å². The number of hydrogen-bond acceptors (Lipinski definition) is 3. The molecule has 112 valence electrons. The molecule has 0 spiro atoms. The van der Waals surface area contributed by atoms with E-state index in [1.165, 1.54) is 30.4 Å². The predicted octanol–water partition coefficient (Wildman–Crippen LogP) is 3.51. The van der Waals surface area contributed by atoms with Crippen molar-refractivity contribution < 1.29 is 9.47 Å². The Bertz CT molecular complexity index is 437. The Labute approximate surface area is 122 Å². The Hall–Kier alpha value is -1.22. The molecule has 1 saturated heterocycles. The minimum atomic E-state index is 0.431. The Balaban J connectivity index is 2.26. The summed E-state index contributed by atoms with van der Waals surface area (Å²) in [6.45, 7) is 5.49. The molecular weight excluding hydrogens is 250 g/mol. The minimum absolute atomic E-state index is 0.431. The number of rotatable bonds is 5. The van der Waals surface area contributed by atoms with Gasteiger partial charge in [-0.2, -0.15) is 0 Å². The van der Waals surface area contributed by atoms with Gasteiger partial charge in [0.2, 0.25) is 0 Å². The smallest absolute Gasteiger partial charge is 0.122 e. The molecule has 3 heteroatoms. The molecule has 1 aromatic rings. The van der Waals surface area contributed by atoms with E-state index in [2.05, 4.69) is 31.3 Å². The first-order chi connectivity index (χ1) is 9.65. The predicted molar refractivity (Wildman–Crippen MR) is 83.0 cm³/mol. The molecule has 1 aliphatic heterocycles. The third kappa shape index (κ3) is 3.45. The van der Waals surface area contributed by atoms with Crippen molar-refractivity contribution in [3.63, 3.8) is 0 Å². The van der Waals surface area contributed by atoms with Gasteiger partial charge in [-0.1, -0.05) is 20.3 Å². The summed E-state index contributed by atoms with van der Waals surface area (Å²) >= 11 is 0. The third-order valence-electron chi connectivity index (χ3n) is 4.13. The van der Waals surface area contributed by atoms with Gasteiger partial charge >= 0.3 is 0 Å². The molecule has 1 unspecified atom stereocenters. The highest BCUT2D eigenvalue weighted by atomic mass is 16.5. The molecular formula is C17H27NO2. The fraction of sp³-hybridized carbons (Fsp3) is 0.647. The summed E-state index contributed by atoms with van der Waals surface area (Å²) in [7, 11) is 3.50. The summed E-state index contributed by atoms with van der Waals surface area (Å²) in [4.78, 5) is 0.